The molecule has 1 saturated carbocycles. The maximum absolute atomic E-state index is 12.0. The Morgan fingerprint density at radius 1 is 1.25 bits per heavy atom. The first kappa shape index (κ1) is 13.2. The molecule has 1 aliphatic carbocycles. The van der Waals surface area contributed by atoms with Gasteiger partial charge in [-0.3, -0.25) is 4.79 Å². The summed E-state index contributed by atoms with van der Waals surface area (Å²) in [4.78, 5) is 23.9. The average molecular weight is 273 g/mol. The lowest BCUT2D eigenvalue weighted by molar-refractivity contribution is 0.429. The van der Waals surface area contributed by atoms with E-state index in [-0.39, 0.29) is 17.0 Å². The first-order chi connectivity index (χ1) is 9.78. The van der Waals surface area contributed by atoms with Crippen molar-refractivity contribution in [3.8, 4) is 0 Å². The molecule has 0 aromatic carbocycles. The molecule has 3 rings (SSSR count). The lowest BCUT2D eigenvalue weighted by Gasteiger charge is -2.26. The number of nitrogens with one attached hydrogen (secondary N) is 3. The molecule has 2 aliphatic rings. The second-order valence-corrected chi connectivity index (χ2v) is 5.43. The van der Waals surface area contributed by atoms with Gasteiger partial charge in [-0.25, -0.2) is 9.98 Å². The Morgan fingerprint density at radius 3 is 2.60 bits per heavy atom. The summed E-state index contributed by atoms with van der Waals surface area (Å²) in [5, 5.41) is 10.6. The quantitative estimate of drug-likeness (QED) is 0.728. The van der Waals surface area contributed by atoms with Crippen LogP contribution in [0.15, 0.2) is 9.79 Å². The topological polar surface area (TPSA) is 94.0 Å². The Bertz CT molecular complexity index is 592. The molecule has 3 N–H and O–H groups in total. The van der Waals surface area contributed by atoms with E-state index in [0.29, 0.717) is 11.6 Å². The summed E-state index contributed by atoms with van der Waals surface area (Å²) in [5.74, 6) is 1.37. The van der Waals surface area contributed by atoms with E-state index in [2.05, 4.69) is 20.3 Å². The minimum absolute atomic E-state index is 0.257. The van der Waals surface area contributed by atoms with Crippen LogP contribution in [0.1, 0.15) is 49.4 Å². The minimum Gasteiger partial charge on any atom is -0.315 e. The molecule has 1 aromatic heterocycles. The predicted octanol–water partition coefficient (Wildman–Crippen LogP) is 1.49. The van der Waals surface area contributed by atoms with Gasteiger partial charge in [-0.15, -0.1) is 0 Å². The van der Waals surface area contributed by atoms with Crippen LogP contribution in [0.25, 0.3) is 0 Å². The van der Waals surface area contributed by atoms with Crippen molar-refractivity contribution in [2.24, 2.45) is 4.99 Å². The van der Waals surface area contributed by atoms with Crippen LogP contribution in [0.4, 0.5) is 5.82 Å². The molecule has 0 spiro atoms. The molecule has 2 fully saturated rings. The molecule has 1 saturated heterocycles. The van der Waals surface area contributed by atoms with Crippen LogP contribution >= 0.6 is 0 Å². The molecule has 106 valence electrons. The van der Waals surface area contributed by atoms with E-state index in [0.717, 1.165) is 50.7 Å². The van der Waals surface area contributed by atoms with Gasteiger partial charge in [-0.2, -0.15) is 0 Å². The highest BCUT2D eigenvalue weighted by molar-refractivity contribution is 5.90. The molecule has 2 heterocycles. The number of rotatable bonds is 3. The zero-order valence-electron chi connectivity index (χ0n) is 11.4. The highest BCUT2D eigenvalue weighted by Crippen LogP contribution is 2.22. The molecular weight excluding hydrogens is 254 g/mol. The predicted molar refractivity (Wildman–Crippen MR) is 78.5 cm³/mol. The summed E-state index contributed by atoms with van der Waals surface area (Å²) < 4.78 is 0. The fourth-order valence-corrected chi connectivity index (χ4v) is 2.60. The summed E-state index contributed by atoms with van der Waals surface area (Å²) >= 11 is 0. The van der Waals surface area contributed by atoms with Gasteiger partial charge in [0, 0.05) is 30.9 Å². The van der Waals surface area contributed by atoms with E-state index in [1.54, 1.807) is 0 Å². The van der Waals surface area contributed by atoms with Gasteiger partial charge in [0.2, 0.25) is 0 Å². The van der Waals surface area contributed by atoms with Gasteiger partial charge in [0.1, 0.15) is 11.4 Å². The Kier molecular flexibility index (Phi) is 3.73. The monoisotopic (exact) mass is 273 g/mol. The van der Waals surface area contributed by atoms with Crippen LogP contribution in [-0.2, 0) is 0 Å². The normalized spacial score (nSPS) is 19.5. The lowest BCUT2D eigenvalue weighted by Crippen LogP contribution is -2.41. The minimum atomic E-state index is -0.257. The van der Waals surface area contributed by atoms with Crippen molar-refractivity contribution in [2.75, 3.05) is 13.1 Å². The fourth-order valence-electron chi connectivity index (χ4n) is 2.60. The average Bonchev–Trinajstić information content (AvgIpc) is 2.38. The van der Waals surface area contributed by atoms with Crippen molar-refractivity contribution < 1.29 is 0 Å². The number of aromatic amines is 1. The summed E-state index contributed by atoms with van der Waals surface area (Å²) in [6.45, 7) is 1.67. The molecule has 1 aliphatic heterocycles. The van der Waals surface area contributed by atoms with Crippen molar-refractivity contribution in [1.82, 2.24) is 15.3 Å². The van der Waals surface area contributed by atoms with Crippen LogP contribution in [0, 0.1) is 5.41 Å². The maximum Gasteiger partial charge on any atom is 0.261 e. The SMILES string of the molecule is N=Cc1c(N=C2CCCCC2)nc(C2CNC2)[nH]c1=O. The van der Waals surface area contributed by atoms with Gasteiger partial charge in [-0.05, 0) is 25.7 Å². The highest BCUT2D eigenvalue weighted by atomic mass is 16.1. The van der Waals surface area contributed by atoms with Crippen molar-refractivity contribution in [3.63, 3.8) is 0 Å². The first-order valence-electron chi connectivity index (χ1n) is 7.20. The molecular formula is C14H19N5O. The fraction of sp³-hybridized carbons (Fsp3) is 0.571. The molecule has 6 nitrogen and oxygen atoms in total. The number of nitrogens with zero attached hydrogens (tertiary/aromatic N) is 2. The molecule has 0 radical (unpaired) electrons. The van der Waals surface area contributed by atoms with Crippen LogP contribution in [0.5, 0.6) is 0 Å². The molecule has 0 bridgehead atoms. The number of H-pyrrole nitrogens is 1. The number of aliphatic imine (C=N–C) groups is 1. The van der Waals surface area contributed by atoms with E-state index >= 15 is 0 Å². The summed E-state index contributed by atoms with van der Waals surface area (Å²) in [7, 11) is 0. The van der Waals surface area contributed by atoms with Gasteiger partial charge in [-0.1, -0.05) is 6.42 Å². The van der Waals surface area contributed by atoms with Crippen molar-refractivity contribution in [1.29, 1.82) is 5.41 Å². The first-order valence-corrected chi connectivity index (χ1v) is 7.20. The Hall–Kier alpha value is -1.82. The molecule has 20 heavy (non-hydrogen) atoms. The van der Waals surface area contributed by atoms with E-state index in [4.69, 9.17) is 5.41 Å². The van der Waals surface area contributed by atoms with E-state index < -0.39 is 0 Å². The Labute approximate surface area is 117 Å². The van der Waals surface area contributed by atoms with E-state index in [9.17, 15) is 4.79 Å². The lowest BCUT2D eigenvalue weighted by atomic mass is 9.98. The van der Waals surface area contributed by atoms with Gasteiger partial charge >= 0.3 is 0 Å². The van der Waals surface area contributed by atoms with Crippen LogP contribution in [0.3, 0.4) is 0 Å². The molecule has 6 heteroatoms. The highest BCUT2D eigenvalue weighted by Gasteiger charge is 2.23. The number of aromatic nitrogens is 2. The van der Waals surface area contributed by atoms with Crippen molar-refractivity contribution in [3.05, 3.63) is 21.7 Å². The van der Waals surface area contributed by atoms with Gasteiger partial charge in [0.15, 0.2) is 5.82 Å². The van der Waals surface area contributed by atoms with Crippen LogP contribution in [0.2, 0.25) is 0 Å². The van der Waals surface area contributed by atoms with Crippen molar-refractivity contribution in [2.45, 2.75) is 38.0 Å². The van der Waals surface area contributed by atoms with E-state index in [1.165, 1.54) is 6.42 Å². The maximum atomic E-state index is 12.0. The molecule has 0 amide bonds. The van der Waals surface area contributed by atoms with Crippen LogP contribution in [-0.4, -0.2) is 35.0 Å². The zero-order chi connectivity index (χ0) is 13.9. The Balaban J connectivity index is 1.99. The number of hydrogen-bond donors (Lipinski definition) is 3. The molecule has 0 unspecified atom stereocenters. The molecule has 0 atom stereocenters. The van der Waals surface area contributed by atoms with E-state index in [1.807, 2.05) is 0 Å². The van der Waals surface area contributed by atoms with Crippen molar-refractivity contribution >= 4 is 17.7 Å². The second kappa shape index (κ2) is 5.66. The Morgan fingerprint density at radius 2 is 2.00 bits per heavy atom. The zero-order valence-corrected chi connectivity index (χ0v) is 11.4. The summed E-state index contributed by atoms with van der Waals surface area (Å²) in [5.41, 5.74) is 1.11. The summed E-state index contributed by atoms with van der Waals surface area (Å²) in [6, 6.07) is 0. The third kappa shape index (κ3) is 2.56. The molecule has 1 aromatic rings. The van der Waals surface area contributed by atoms with Gasteiger partial charge < -0.3 is 15.7 Å². The third-order valence-electron chi connectivity index (χ3n) is 3.96. The van der Waals surface area contributed by atoms with Gasteiger partial charge in [0.05, 0.1) is 0 Å². The standard InChI is InChI=1S/C14H19N5O/c15-6-11-13(17-10-4-2-1-3-5-10)18-12(19-14(11)20)9-7-16-8-9/h6,9,15-16H,1-5,7-8H2,(H,18,19,20). The smallest absolute Gasteiger partial charge is 0.261 e. The third-order valence-corrected chi connectivity index (χ3v) is 3.96. The van der Waals surface area contributed by atoms with Gasteiger partial charge in [0.25, 0.3) is 5.56 Å². The largest absolute Gasteiger partial charge is 0.315 e. The van der Waals surface area contributed by atoms with Crippen LogP contribution < -0.4 is 10.9 Å². The summed E-state index contributed by atoms with van der Waals surface area (Å²) in [6.07, 6.45) is 6.57. The number of hydrogen-bond acceptors (Lipinski definition) is 5. The second-order valence-electron chi connectivity index (χ2n) is 5.43.